The zero-order valence-corrected chi connectivity index (χ0v) is 25.8. The Morgan fingerprint density at radius 3 is 2.55 bits per heavy atom. The van der Waals surface area contributed by atoms with Crippen LogP contribution in [0.15, 0.2) is 48.7 Å². The van der Waals surface area contributed by atoms with Gasteiger partial charge in [-0.05, 0) is 61.4 Å². The topological polar surface area (TPSA) is 110 Å². The highest BCUT2D eigenvalue weighted by Gasteiger charge is 2.27. The summed E-state index contributed by atoms with van der Waals surface area (Å²) in [5.41, 5.74) is 3.17. The second kappa shape index (κ2) is 12.8. The Morgan fingerprint density at radius 2 is 1.90 bits per heavy atom. The van der Waals surface area contributed by atoms with Gasteiger partial charge in [0, 0.05) is 48.4 Å². The van der Waals surface area contributed by atoms with Gasteiger partial charge in [0.05, 0.1) is 36.6 Å². The lowest BCUT2D eigenvalue weighted by Gasteiger charge is -2.28. The largest absolute Gasteiger partial charge is 0.496 e. The predicted molar refractivity (Wildman–Crippen MR) is 168 cm³/mol. The molecule has 42 heavy (non-hydrogen) atoms. The molecule has 0 radical (unpaired) electrons. The Balaban J connectivity index is 1.36. The zero-order chi connectivity index (χ0) is 29.9. The number of hydrogen-bond acceptors (Lipinski definition) is 6. The summed E-state index contributed by atoms with van der Waals surface area (Å²) in [6, 6.07) is 10.8. The van der Waals surface area contributed by atoms with Gasteiger partial charge in [-0.25, -0.2) is 4.79 Å². The van der Waals surface area contributed by atoms with E-state index < -0.39 is 7.14 Å². The maximum atomic E-state index is 12.9. The van der Waals surface area contributed by atoms with E-state index >= 15 is 0 Å². The summed E-state index contributed by atoms with van der Waals surface area (Å²) >= 11 is 6.46. The maximum absolute atomic E-state index is 12.9. The summed E-state index contributed by atoms with van der Waals surface area (Å²) in [6.07, 6.45) is 7.57. The minimum absolute atomic E-state index is 0.0499. The normalized spacial score (nSPS) is 15.2. The highest BCUT2D eigenvalue weighted by atomic mass is 35.5. The molecule has 2 aliphatic rings. The molecule has 1 aliphatic carbocycles. The van der Waals surface area contributed by atoms with Crippen LogP contribution < -0.4 is 20.1 Å². The van der Waals surface area contributed by atoms with Crippen molar-refractivity contribution in [2.45, 2.75) is 39.2 Å². The standard InChI is InChI=1S/C31H36ClN4O5P/c1-4-42(39,5-2)19-30(37)36-14-11-20(12-15-36)23-17-24-27(18-29(23)40-3)33-13-10-28(24)41-22-8-9-26(25(32)16-22)35-31(38)34-21-6-7-21/h8-11,13,16-18,21H,4-7,12,14-15,19H2,1-3H3,(H2,34,35,38). The highest BCUT2D eigenvalue weighted by Crippen LogP contribution is 2.45. The van der Waals surface area contributed by atoms with Gasteiger partial charge < -0.3 is 29.6 Å². The van der Waals surface area contributed by atoms with Crippen molar-refractivity contribution < 1.29 is 23.6 Å². The van der Waals surface area contributed by atoms with Gasteiger partial charge >= 0.3 is 6.03 Å². The van der Waals surface area contributed by atoms with Gasteiger partial charge in [-0.2, -0.15) is 0 Å². The number of fused-ring (bicyclic) bond motifs is 1. The summed E-state index contributed by atoms with van der Waals surface area (Å²) in [5.74, 6) is 1.74. The molecule has 0 saturated heterocycles. The molecule has 3 amide bonds. The number of methoxy groups -OCH3 is 1. The monoisotopic (exact) mass is 610 g/mol. The van der Waals surface area contributed by atoms with Crippen molar-refractivity contribution in [2.24, 2.45) is 0 Å². The smallest absolute Gasteiger partial charge is 0.319 e. The second-order valence-electron chi connectivity index (χ2n) is 10.7. The van der Waals surface area contributed by atoms with E-state index in [0.717, 1.165) is 29.4 Å². The Bertz CT molecular complexity index is 1580. The van der Waals surface area contributed by atoms with Gasteiger partial charge in [0.25, 0.3) is 0 Å². The summed E-state index contributed by atoms with van der Waals surface area (Å²) in [6.45, 7) is 4.79. The van der Waals surface area contributed by atoms with Crippen LogP contribution in [0.1, 0.15) is 38.7 Å². The number of hydrogen-bond donors (Lipinski definition) is 2. The molecule has 1 aromatic heterocycles. The Morgan fingerprint density at radius 1 is 1.12 bits per heavy atom. The first-order valence-electron chi connectivity index (χ1n) is 14.3. The number of nitrogens with zero attached hydrogens (tertiary/aromatic N) is 2. The van der Waals surface area contributed by atoms with E-state index in [9.17, 15) is 14.2 Å². The van der Waals surface area contributed by atoms with Crippen molar-refractivity contribution in [3.8, 4) is 17.2 Å². The number of aromatic nitrogens is 1. The van der Waals surface area contributed by atoms with Crippen molar-refractivity contribution in [2.75, 3.05) is 44.0 Å². The Hall–Kier alpha value is -3.55. The van der Waals surface area contributed by atoms with Crippen LogP contribution >= 0.6 is 18.7 Å². The van der Waals surface area contributed by atoms with Gasteiger partial charge in [-0.1, -0.05) is 31.5 Å². The number of carbonyl (C=O) groups is 2. The van der Waals surface area contributed by atoms with Gasteiger partial charge in [0.2, 0.25) is 5.91 Å². The van der Waals surface area contributed by atoms with Crippen LogP contribution in [0.25, 0.3) is 16.5 Å². The number of pyridine rings is 1. The molecule has 9 nitrogen and oxygen atoms in total. The van der Waals surface area contributed by atoms with Crippen molar-refractivity contribution in [3.05, 3.63) is 59.3 Å². The predicted octanol–water partition coefficient (Wildman–Crippen LogP) is 6.99. The first-order valence-corrected chi connectivity index (χ1v) is 16.9. The molecule has 11 heteroatoms. The second-order valence-corrected chi connectivity index (χ2v) is 14.8. The fourth-order valence-electron chi connectivity index (χ4n) is 4.95. The molecular formula is C31H36ClN4O5P. The molecule has 1 aliphatic heterocycles. The minimum Gasteiger partial charge on any atom is -0.496 e. The molecule has 2 N–H and O–H groups in total. The van der Waals surface area contributed by atoms with Crippen LogP contribution in [0.4, 0.5) is 10.5 Å². The quantitative estimate of drug-likeness (QED) is 0.239. The number of carbonyl (C=O) groups excluding carboxylic acids is 2. The fourth-order valence-corrected chi connectivity index (χ4v) is 6.76. The van der Waals surface area contributed by atoms with Crippen molar-refractivity contribution in [3.63, 3.8) is 0 Å². The summed E-state index contributed by atoms with van der Waals surface area (Å²) in [4.78, 5) is 31.3. The third kappa shape index (κ3) is 6.90. The number of amides is 3. The van der Waals surface area contributed by atoms with Gasteiger partial charge in [-0.3, -0.25) is 9.78 Å². The van der Waals surface area contributed by atoms with Crippen LogP contribution in [0.3, 0.4) is 0 Å². The molecule has 0 unspecified atom stereocenters. The van der Waals surface area contributed by atoms with Crippen LogP contribution in [0, 0.1) is 0 Å². The summed E-state index contributed by atoms with van der Waals surface area (Å²) in [5, 5.41) is 6.81. The van der Waals surface area contributed by atoms with Gasteiger partial charge in [0.15, 0.2) is 0 Å². The zero-order valence-electron chi connectivity index (χ0n) is 24.1. The Kier molecular flexibility index (Phi) is 9.09. The number of urea groups is 1. The molecule has 0 spiro atoms. The average molecular weight is 611 g/mol. The number of rotatable bonds is 10. The van der Waals surface area contributed by atoms with Crippen LogP contribution in [0.5, 0.6) is 17.2 Å². The molecule has 2 aromatic carbocycles. The molecule has 222 valence electrons. The molecule has 2 heterocycles. The van der Waals surface area contributed by atoms with Crippen molar-refractivity contribution >= 4 is 52.8 Å². The van der Waals surface area contributed by atoms with Crippen molar-refractivity contribution in [1.82, 2.24) is 15.2 Å². The van der Waals surface area contributed by atoms with Crippen LogP contribution in [-0.4, -0.2) is 66.5 Å². The SMILES string of the molecule is CCP(=O)(CC)CC(=O)N1CC=C(c2cc3c(Oc4ccc(NC(=O)NC5CC5)c(Cl)c4)ccnc3cc2OC)CC1. The fraction of sp³-hybridized carbons (Fsp3) is 0.387. The van der Waals surface area contributed by atoms with E-state index in [0.29, 0.717) is 65.3 Å². The number of nitrogens with one attached hydrogen (secondary N) is 2. The average Bonchev–Trinajstić information content (AvgIpc) is 3.82. The lowest BCUT2D eigenvalue weighted by atomic mass is 9.96. The van der Waals surface area contributed by atoms with E-state index in [-0.39, 0.29) is 24.1 Å². The van der Waals surface area contributed by atoms with E-state index in [2.05, 4.69) is 15.6 Å². The molecule has 3 aromatic rings. The van der Waals surface area contributed by atoms with Crippen LogP contribution in [-0.2, 0) is 9.36 Å². The number of anilines is 1. The third-order valence-corrected chi connectivity index (χ3v) is 11.3. The van der Waals surface area contributed by atoms with E-state index in [1.807, 2.05) is 32.1 Å². The highest BCUT2D eigenvalue weighted by molar-refractivity contribution is 7.64. The van der Waals surface area contributed by atoms with Gasteiger partial charge in [-0.15, -0.1) is 0 Å². The molecule has 0 bridgehead atoms. The molecule has 1 fully saturated rings. The Labute approximate surface area is 251 Å². The number of ether oxygens (including phenoxy) is 2. The number of benzene rings is 2. The molecule has 0 atom stereocenters. The maximum Gasteiger partial charge on any atom is 0.319 e. The summed E-state index contributed by atoms with van der Waals surface area (Å²) < 4.78 is 24.8. The van der Waals surface area contributed by atoms with Gasteiger partial charge in [0.1, 0.15) is 17.2 Å². The first-order chi connectivity index (χ1) is 20.2. The minimum atomic E-state index is -2.45. The van der Waals surface area contributed by atoms with E-state index in [1.165, 1.54) is 0 Å². The number of halogens is 1. The van der Waals surface area contributed by atoms with E-state index in [4.69, 9.17) is 21.1 Å². The van der Waals surface area contributed by atoms with Crippen molar-refractivity contribution in [1.29, 1.82) is 0 Å². The molecule has 1 saturated carbocycles. The van der Waals surface area contributed by atoms with E-state index in [1.54, 1.807) is 42.5 Å². The first kappa shape index (κ1) is 29.9. The molecular weight excluding hydrogens is 575 g/mol. The lowest BCUT2D eigenvalue weighted by molar-refractivity contribution is -0.128. The molecule has 5 rings (SSSR count). The summed E-state index contributed by atoms with van der Waals surface area (Å²) in [7, 11) is -0.825. The third-order valence-electron chi connectivity index (χ3n) is 7.84. The lowest BCUT2D eigenvalue weighted by Crippen LogP contribution is -2.36. The van der Waals surface area contributed by atoms with Crippen LogP contribution in [0.2, 0.25) is 5.02 Å².